The van der Waals surface area contributed by atoms with Gasteiger partial charge in [-0.05, 0) is 77.4 Å². The van der Waals surface area contributed by atoms with Crippen molar-refractivity contribution in [2.75, 3.05) is 32.8 Å². The summed E-state index contributed by atoms with van der Waals surface area (Å²) in [5, 5.41) is 0. The number of nitrogens with zero attached hydrogens (tertiary/aromatic N) is 1. The molecule has 2 unspecified atom stereocenters. The minimum atomic E-state index is 0.0854. The second-order valence-electron chi connectivity index (χ2n) is 19.4. The van der Waals surface area contributed by atoms with E-state index in [4.69, 9.17) is 9.47 Å². The normalized spacial score (nSPS) is 12.6. The highest BCUT2D eigenvalue weighted by molar-refractivity contribution is 5.72. The minimum Gasteiger partial charge on any atom is -0.465 e. The quantitative estimate of drug-likeness (QED) is 0.0450. The number of ether oxygens (including phenoxy) is 2. The van der Waals surface area contributed by atoms with Crippen molar-refractivity contribution in [1.82, 2.24) is 4.90 Å². The van der Waals surface area contributed by atoms with Gasteiger partial charge in [-0.15, -0.1) is 0 Å². The number of carbonyl (C=O) groups excluding carboxylic acids is 2. The number of hydrogen-bond acceptors (Lipinski definition) is 5. The Morgan fingerprint density at radius 3 is 0.820 bits per heavy atom. The van der Waals surface area contributed by atoms with Gasteiger partial charge < -0.3 is 14.4 Å². The lowest BCUT2D eigenvalue weighted by Crippen LogP contribution is -2.27. The summed E-state index contributed by atoms with van der Waals surface area (Å²) in [6, 6.07) is 0. The third-order valence-electron chi connectivity index (χ3n) is 13.3. The van der Waals surface area contributed by atoms with E-state index >= 15 is 0 Å². The molecule has 0 radical (unpaired) electrons. The van der Waals surface area contributed by atoms with Crippen LogP contribution in [-0.2, 0) is 19.1 Å². The molecule has 0 bridgehead atoms. The summed E-state index contributed by atoms with van der Waals surface area (Å²) in [6.45, 7) is 16.1. The maximum atomic E-state index is 13.2. The summed E-state index contributed by atoms with van der Waals surface area (Å²) < 4.78 is 11.8. The highest BCUT2D eigenvalue weighted by atomic mass is 16.5. The molecule has 5 nitrogen and oxygen atoms in total. The first-order valence-electron chi connectivity index (χ1n) is 28.1. The molecule has 0 amide bonds. The summed E-state index contributed by atoms with van der Waals surface area (Å²) in [5.41, 5.74) is 0. The zero-order valence-electron chi connectivity index (χ0n) is 42.5. The van der Waals surface area contributed by atoms with Crippen molar-refractivity contribution in [2.24, 2.45) is 11.8 Å². The summed E-state index contributed by atoms with van der Waals surface area (Å²) in [4.78, 5) is 29.0. The van der Waals surface area contributed by atoms with E-state index in [1.54, 1.807) is 0 Å². The van der Waals surface area contributed by atoms with Gasteiger partial charge in [0.2, 0.25) is 0 Å². The van der Waals surface area contributed by atoms with Crippen LogP contribution in [0.25, 0.3) is 0 Å². The van der Waals surface area contributed by atoms with Gasteiger partial charge >= 0.3 is 11.9 Å². The molecule has 61 heavy (non-hydrogen) atoms. The van der Waals surface area contributed by atoms with Gasteiger partial charge in [-0.25, -0.2) is 0 Å². The Balaban J connectivity index is 4.41. The van der Waals surface area contributed by atoms with Gasteiger partial charge in [0, 0.05) is 0 Å². The first-order chi connectivity index (χ1) is 30.0. The van der Waals surface area contributed by atoms with E-state index in [-0.39, 0.29) is 23.8 Å². The van der Waals surface area contributed by atoms with Gasteiger partial charge in [-0.3, -0.25) is 9.59 Å². The number of hydrogen-bond donors (Lipinski definition) is 0. The molecule has 364 valence electrons. The average Bonchev–Trinajstić information content (AvgIpc) is 3.26. The lowest BCUT2D eigenvalue weighted by Gasteiger charge is -2.22. The highest BCUT2D eigenvalue weighted by Crippen LogP contribution is 2.23. The SMILES string of the molecule is CCCCCCCCCCC(CCCCCCCC)C(=O)OCCCCCCN(CCCC)CCCCCCOC(=O)C(CCCCCCCC)CCCCCCCCCC. The summed E-state index contributed by atoms with van der Waals surface area (Å²) >= 11 is 0. The molecule has 0 saturated heterocycles. The van der Waals surface area contributed by atoms with Crippen molar-refractivity contribution in [3.8, 4) is 0 Å². The Kier molecular flexibility index (Phi) is 49.0. The smallest absolute Gasteiger partial charge is 0.308 e. The fourth-order valence-corrected chi connectivity index (χ4v) is 9.03. The van der Waals surface area contributed by atoms with E-state index < -0.39 is 0 Å². The Morgan fingerprint density at radius 2 is 0.525 bits per heavy atom. The molecule has 0 fully saturated rings. The molecule has 0 aliphatic carbocycles. The average molecular weight is 863 g/mol. The second kappa shape index (κ2) is 49.9. The summed E-state index contributed by atoms with van der Waals surface area (Å²) in [7, 11) is 0. The molecule has 0 aromatic rings. The fourth-order valence-electron chi connectivity index (χ4n) is 9.03. The number of esters is 2. The number of rotatable bonds is 51. The second-order valence-corrected chi connectivity index (χ2v) is 19.4. The maximum absolute atomic E-state index is 13.2. The van der Waals surface area contributed by atoms with Crippen LogP contribution in [0, 0.1) is 11.8 Å². The summed E-state index contributed by atoms with van der Waals surface area (Å²) in [6.07, 6.45) is 52.1. The molecule has 0 N–H and O–H groups in total. The largest absolute Gasteiger partial charge is 0.465 e. The van der Waals surface area contributed by atoms with E-state index in [1.807, 2.05) is 0 Å². The topological polar surface area (TPSA) is 55.8 Å². The monoisotopic (exact) mass is 862 g/mol. The van der Waals surface area contributed by atoms with Crippen molar-refractivity contribution in [3.05, 3.63) is 0 Å². The summed E-state index contributed by atoms with van der Waals surface area (Å²) in [5.74, 6) is 0.383. The van der Waals surface area contributed by atoms with Gasteiger partial charge in [0.25, 0.3) is 0 Å². The van der Waals surface area contributed by atoms with Crippen LogP contribution in [0.15, 0.2) is 0 Å². The molecule has 0 aromatic carbocycles. The van der Waals surface area contributed by atoms with Crippen molar-refractivity contribution in [2.45, 2.75) is 304 Å². The third-order valence-corrected chi connectivity index (χ3v) is 13.3. The maximum Gasteiger partial charge on any atom is 0.308 e. The molecule has 5 heteroatoms. The van der Waals surface area contributed by atoms with Crippen LogP contribution in [0.3, 0.4) is 0 Å². The molecule has 0 aliphatic rings. The van der Waals surface area contributed by atoms with Crippen LogP contribution in [0.4, 0.5) is 0 Å². The Hall–Kier alpha value is -1.10. The predicted octanol–water partition coefficient (Wildman–Crippen LogP) is 18.1. The molecule has 0 aromatic heterocycles. The standard InChI is InChI=1S/C56H111NO4/c1-6-11-16-20-24-26-30-38-46-53(44-36-28-22-18-13-8-3)55(58)60-51-42-34-32-40-49-57(48-15-10-5)50-41-33-35-43-52-61-56(59)54(45-37-29-23-19-14-9-4)47-39-31-27-25-21-17-12-7-2/h53-54H,6-52H2,1-5H3. The Bertz CT molecular complexity index is 813. The molecule has 0 spiro atoms. The zero-order valence-corrected chi connectivity index (χ0v) is 42.5. The molecule has 0 rings (SSSR count). The van der Waals surface area contributed by atoms with Gasteiger partial charge in [0.05, 0.1) is 25.0 Å². The van der Waals surface area contributed by atoms with Crippen molar-refractivity contribution in [3.63, 3.8) is 0 Å². The first kappa shape index (κ1) is 59.9. The predicted molar refractivity (Wildman–Crippen MR) is 268 cm³/mol. The van der Waals surface area contributed by atoms with Crippen LogP contribution in [0.1, 0.15) is 304 Å². The van der Waals surface area contributed by atoms with E-state index in [0.717, 1.165) is 51.4 Å². The molecule has 0 saturated carbocycles. The van der Waals surface area contributed by atoms with Crippen molar-refractivity contribution in [1.29, 1.82) is 0 Å². The van der Waals surface area contributed by atoms with Crippen LogP contribution in [0.2, 0.25) is 0 Å². The van der Waals surface area contributed by atoms with Crippen molar-refractivity contribution >= 4 is 11.9 Å². The van der Waals surface area contributed by atoms with E-state index in [1.165, 1.54) is 238 Å². The Labute approximate surface area is 383 Å². The first-order valence-corrected chi connectivity index (χ1v) is 28.1. The molecule has 0 aliphatic heterocycles. The molecular formula is C56H111NO4. The van der Waals surface area contributed by atoms with E-state index in [2.05, 4.69) is 39.5 Å². The number of carbonyl (C=O) groups is 2. The fraction of sp³-hybridized carbons (Fsp3) is 0.964. The van der Waals surface area contributed by atoms with Crippen LogP contribution >= 0.6 is 0 Å². The molecular weight excluding hydrogens is 751 g/mol. The lowest BCUT2D eigenvalue weighted by atomic mass is 9.94. The van der Waals surface area contributed by atoms with Gasteiger partial charge in [0.15, 0.2) is 0 Å². The molecule has 2 atom stereocenters. The van der Waals surface area contributed by atoms with Crippen LogP contribution in [-0.4, -0.2) is 49.7 Å². The lowest BCUT2D eigenvalue weighted by molar-refractivity contribution is -0.150. The zero-order chi connectivity index (χ0) is 44.5. The van der Waals surface area contributed by atoms with E-state index in [9.17, 15) is 9.59 Å². The molecule has 0 heterocycles. The van der Waals surface area contributed by atoms with Gasteiger partial charge in [-0.1, -0.05) is 247 Å². The minimum absolute atomic E-state index is 0.0854. The van der Waals surface area contributed by atoms with Crippen LogP contribution < -0.4 is 0 Å². The number of unbranched alkanes of at least 4 members (excludes halogenated alkanes) is 31. The third kappa shape index (κ3) is 42.6. The van der Waals surface area contributed by atoms with Gasteiger partial charge in [-0.2, -0.15) is 0 Å². The van der Waals surface area contributed by atoms with Crippen molar-refractivity contribution < 1.29 is 19.1 Å². The Morgan fingerprint density at radius 1 is 0.295 bits per heavy atom. The highest BCUT2D eigenvalue weighted by Gasteiger charge is 2.20. The van der Waals surface area contributed by atoms with Gasteiger partial charge in [0.1, 0.15) is 0 Å². The van der Waals surface area contributed by atoms with Crippen LogP contribution in [0.5, 0.6) is 0 Å². The van der Waals surface area contributed by atoms with E-state index in [0.29, 0.717) is 13.2 Å².